The molecule has 4 rings (SSSR count). The molecule has 0 amide bonds. The highest BCUT2D eigenvalue weighted by Gasteiger charge is 2.27. The third-order valence-corrected chi connectivity index (χ3v) is 5.31. The highest BCUT2D eigenvalue weighted by Crippen LogP contribution is 2.37. The molecule has 154 valence electrons. The average Bonchev–Trinajstić information content (AvgIpc) is 3.21. The molecule has 30 heavy (non-hydrogen) atoms. The van der Waals surface area contributed by atoms with Gasteiger partial charge in [-0.25, -0.2) is 0 Å². The summed E-state index contributed by atoms with van der Waals surface area (Å²) in [5.74, 6) is 1.52. The van der Waals surface area contributed by atoms with Crippen LogP contribution in [-0.2, 0) is 13.6 Å². The molecule has 1 aliphatic rings. The van der Waals surface area contributed by atoms with Crippen molar-refractivity contribution in [3.8, 4) is 11.5 Å². The monoisotopic (exact) mass is 422 g/mol. The minimum absolute atomic E-state index is 0.207. The van der Waals surface area contributed by atoms with E-state index in [0.717, 1.165) is 33.9 Å². The average molecular weight is 423 g/mol. The van der Waals surface area contributed by atoms with Crippen LogP contribution in [0.2, 0.25) is 5.02 Å². The van der Waals surface area contributed by atoms with Crippen molar-refractivity contribution in [3.63, 3.8) is 0 Å². The largest absolute Gasteiger partial charge is 0.497 e. The lowest BCUT2D eigenvalue weighted by molar-refractivity contribution is 0.290. The minimum atomic E-state index is -0.207. The number of hydrogen-bond acceptors (Lipinski definition) is 5. The fraction of sp³-hybridized carbons (Fsp3) is 0.217. The van der Waals surface area contributed by atoms with Crippen molar-refractivity contribution < 1.29 is 9.47 Å². The summed E-state index contributed by atoms with van der Waals surface area (Å²) in [6, 6.07) is 13.7. The van der Waals surface area contributed by atoms with Gasteiger partial charge in [-0.05, 0) is 35.9 Å². The molecule has 7 heteroatoms. The van der Waals surface area contributed by atoms with Crippen molar-refractivity contribution in [2.75, 3.05) is 14.2 Å². The number of nitrogens with zero attached hydrogens (tertiary/aromatic N) is 4. The van der Waals surface area contributed by atoms with Crippen molar-refractivity contribution >= 4 is 23.5 Å². The summed E-state index contributed by atoms with van der Waals surface area (Å²) < 4.78 is 12.8. The van der Waals surface area contributed by atoms with Crippen molar-refractivity contribution in [2.24, 2.45) is 12.0 Å². The number of aliphatic imine (C=N–C) groups is 1. The first-order valence-electron chi connectivity index (χ1n) is 9.54. The number of hydrogen-bond donors (Lipinski definition) is 0. The minimum Gasteiger partial charge on any atom is -0.497 e. The van der Waals surface area contributed by atoms with Gasteiger partial charge in [0.2, 0.25) is 0 Å². The smallest absolute Gasteiger partial charge is 0.150 e. The molecule has 3 aromatic rings. The Morgan fingerprint density at radius 2 is 1.87 bits per heavy atom. The Morgan fingerprint density at radius 3 is 2.53 bits per heavy atom. The molecule has 0 N–H and O–H groups in total. The second-order valence-corrected chi connectivity index (χ2v) is 7.42. The molecular formula is C23H23ClN4O2. The Labute approximate surface area is 181 Å². The second kappa shape index (κ2) is 8.63. The van der Waals surface area contributed by atoms with Gasteiger partial charge in [-0.2, -0.15) is 5.10 Å². The maximum atomic E-state index is 6.11. The van der Waals surface area contributed by atoms with Crippen LogP contribution in [0.5, 0.6) is 11.5 Å². The van der Waals surface area contributed by atoms with E-state index in [0.29, 0.717) is 11.6 Å². The van der Waals surface area contributed by atoms with Gasteiger partial charge in [-0.1, -0.05) is 23.7 Å². The molecule has 6 nitrogen and oxygen atoms in total. The van der Waals surface area contributed by atoms with Gasteiger partial charge < -0.3 is 14.4 Å². The van der Waals surface area contributed by atoms with E-state index in [1.54, 1.807) is 18.9 Å². The zero-order chi connectivity index (χ0) is 21.1. The van der Waals surface area contributed by atoms with E-state index in [9.17, 15) is 0 Å². The van der Waals surface area contributed by atoms with Crippen LogP contribution in [0.15, 0.2) is 65.9 Å². The molecule has 0 fully saturated rings. The number of rotatable bonds is 6. The number of ether oxygens (including phenoxy) is 2. The van der Waals surface area contributed by atoms with E-state index in [1.165, 1.54) is 0 Å². The fourth-order valence-electron chi connectivity index (χ4n) is 3.56. The Morgan fingerprint density at radius 1 is 1.07 bits per heavy atom. The predicted octanol–water partition coefficient (Wildman–Crippen LogP) is 4.72. The van der Waals surface area contributed by atoms with E-state index in [1.807, 2.05) is 74.2 Å². The number of methoxy groups -OCH3 is 2. The summed E-state index contributed by atoms with van der Waals surface area (Å²) in [7, 11) is 5.22. The first-order chi connectivity index (χ1) is 14.6. The third-order valence-electron chi connectivity index (χ3n) is 5.06. The number of aromatic nitrogens is 2. The van der Waals surface area contributed by atoms with Gasteiger partial charge in [0.25, 0.3) is 0 Å². The molecule has 0 aliphatic carbocycles. The molecule has 1 atom stereocenters. The Hall–Kier alpha value is -3.25. The molecule has 0 radical (unpaired) electrons. The quantitative estimate of drug-likeness (QED) is 0.577. The lowest BCUT2D eigenvalue weighted by Gasteiger charge is -2.35. The third kappa shape index (κ3) is 4.04. The standard InChI is InChI=1S/C23H23ClN4O2/c1-27-14-18(13-26-27)23-25-11-10-21(16-4-7-19(24)8-5-16)28(23)15-17-6-9-20(29-2)12-22(17)30-3/h4-14,23H,15H2,1-3H3. The number of benzene rings is 2. The summed E-state index contributed by atoms with van der Waals surface area (Å²) in [4.78, 5) is 6.99. The first-order valence-corrected chi connectivity index (χ1v) is 9.92. The lowest BCUT2D eigenvalue weighted by Crippen LogP contribution is -2.28. The van der Waals surface area contributed by atoms with E-state index in [4.69, 9.17) is 26.1 Å². The molecular weight excluding hydrogens is 400 g/mol. The first kappa shape index (κ1) is 20.0. The molecule has 1 unspecified atom stereocenters. The fourth-order valence-corrected chi connectivity index (χ4v) is 3.69. The zero-order valence-corrected chi connectivity index (χ0v) is 17.9. The summed E-state index contributed by atoms with van der Waals surface area (Å²) in [5.41, 5.74) is 4.16. The Bertz CT molecular complexity index is 1090. The van der Waals surface area contributed by atoms with Gasteiger partial charge in [0.15, 0.2) is 0 Å². The number of aryl methyl sites for hydroxylation is 1. The summed E-state index contributed by atoms with van der Waals surface area (Å²) in [6.45, 7) is 0.596. The molecule has 1 aliphatic heterocycles. The maximum absolute atomic E-state index is 6.11. The predicted molar refractivity (Wildman–Crippen MR) is 119 cm³/mol. The second-order valence-electron chi connectivity index (χ2n) is 6.98. The van der Waals surface area contributed by atoms with Crippen LogP contribution < -0.4 is 9.47 Å². The van der Waals surface area contributed by atoms with Gasteiger partial charge in [-0.15, -0.1) is 0 Å². The number of halogens is 1. The van der Waals surface area contributed by atoms with E-state index < -0.39 is 0 Å². The molecule has 0 spiro atoms. The number of allylic oxidation sites excluding steroid dienone is 1. The van der Waals surface area contributed by atoms with Gasteiger partial charge in [-0.3, -0.25) is 9.67 Å². The van der Waals surface area contributed by atoms with Crippen molar-refractivity contribution in [1.29, 1.82) is 0 Å². The van der Waals surface area contributed by atoms with Crippen LogP contribution in [0.1, 0.15) is 22.9 Å². The van der Waals surface area contributed by atoms with Crippen molar-refractivity contribution in [1.82, 2.24) is 14.7 Å². The molecule has 2 aromatic carbocycles. The van der Waals surface area contributed by atoms with E-state index in [-0.39, 0.29) is 6.17 Å². The summed E-state index contributed by atoms with van der Waals surface area (Å²) in [5, 5.41) is 5.04. The SMILES string of the molecule is COc1ccc(CN2C(c3ccc(Cl)cc3)=CC=NC2c2cnn(C)c2)c(OC)c1. The van der Waals surface area contributed by atoms with E-state index in [2.05, 4.69) is 10.00 Å². The topological polar surface area (TPSA) is 51.9 Å². The molecule has 0 saturated carbocycles. The van der Waals surface area contributed by atoms with Gasteiger partial charge in [0.1, 0.15) is 17.7 Å². The normalized spacial score (nSPS) is 15.8. The molecule has 0 saturated heterocycles. The summed E-state index contributed by atoms with van der Waals surface area (Å²) >= 11 is 6.11. The van der Waals surface area contributed by atoms with Crippen LogP contribution >= 0.6 is 11.6 Å². The lowest BCUT2D eigenvalue weighted by atomic mass is 10.0. The zero-order valence-electron chi connectivity index (χ0n) is 17.1. The van der Waals surface area contributed by atoms with Crippen LogP contribution in [-0.4, -0.2) is 35.1 Å². The van der Waals surface area contributed by atoms with Crippen molar-refractivity contribution in [2.45, 2.75) is 12.7 Å². The highest BCUT2D eigenvalue weighted by molar-refractivity contribution is 6.30. The van der Waals surface area contributed by atoms with Crippen LogP contribution in [0.4, 0.5) is 0 Å². The van der Waals surface area contributed by atoms with Gasteiger partial charge in [0.05, 0.1) is 20.4 Å². The van der Waals surface area contributed by atoms with Crippen LogP contribution in [0.25, 0.3) is 5.70 Å². The molecule has 1 aromatic heterocycles. The van der Waals surface area contributed by atoms with Crippen LogP contribution in [0, 0.1) is 0 Å². The van der Waals surface area contributed by atoms with Gasteiger partial charge in [0, 0.05) is 53.9 Å². The summed E-state index contributed by atoms with van der Waals surface area (Å²) in [6.07, 6.45) is 7.51. The Balaban J connectivity index is 1.76. The van der Waals surface area contributed by atoms with Crippen LogP contribution in [0.3, 0.4) is 0 Å². The maximum Gasteiger partial charge on any atom is 0.150 e. The highest BCUT2D eigenvalue weighted by atomic mass is 35.5. The Kier molecular flexibility index (Phi) is 5.77. The molecule has 0 bridgehead atoms. The van der Waals surface area contributed by atoms with Gasteiger partial charge >= 0.3 is 0 Å². The molecule has 2 heterocycles. The van der Waals surface area contributed by atoms with Crippen molar-refractivity contribution in [3.05, 3.63) is 82.6 Å². The van der Waals surface area contributed by atoms with E-state index >= 15 is 0 Å².